The number of nitrogens with one attached hydrogen (secondary N) is 2. The van der Waals surface area contributed by atoms with Crippen LogP contribution in [0.5, 0.6) is 0 Å². The highest BCUT2D eigenvalue weighted by molar-refractivity contribution is 6.31. The summed E-state index contributed by atoms with van der Waals surface area (Å²) in [5.41, 5.74) is 0.580. The molecule has 0 unspecified atom stereocenters. The fourth-order valence-corrected chi connectivity index (χ4v) is 2.39. The molecule has 7 heteroatoms. The number of amides is 2. The molecule has 0 aliphatic carbocycles. The van der Waals surface area contributed by atoms with Crippen LogP contribution in [0.2, 0.25) is 5.02 Å². The monoisotopic (exact) mass is 369 g/mol. The molecular formula is C19H13ClFN3O2. The molecular weight excluding hydrogens is 357 g/mol. The second-order valence-electron chi connectivity index (χ2n) is 5.31. The highest BCUT2D eigenvalue weighted by Gasteiger charge is 2.14. The lowest BCUT2D eigenvalue weighted by Gasteiger charge is -2.08. The van der Waals surface area contributed by atoms with E-state index in [2.05, 4.69) is 15.6 Å². The number of hydrogen-bond acceptors (Lipinski definition) is 3. The zero-order valence-corrected chi connectivity index (χ0v) is 14.1. The maximum absolute atomic E-state index is 13.6. The van der Waals surface area contributed by atoms with E-state index in [0.29, 0.717) is 10.7 Å². The molecule has 0 aliphatic heterocycles. The minimum Gasteiger partial charge on any atom is -0.321 e. The van der Waals surface area contributed by atoms with E-state index in [0.717, 1.165) is 0 Å². The predicted molar refractivity (Wildman–Crippen MR) is 98.0 cm³/mol. The maximum Gasteiger partial charge on any atom is 0.274 e. The number of rotatable bonds is 4. The number of aromatic nitrogens is 1. The van der Waals surface area contributed by atoms with Crippen LogP contribution in [0.4, 0.5) is 15.8 Å². The van der Waals surface area contributed by atoms with Gasteiger partial charge >= 0.3 is 0 Å². The van der Waals surface area contributed by atoms with Gasteiger partial charge in [0.2, 0.25) is 0 Å². The molecule has 0 radical (unpaired) electrons. The first-order valence-corrected chi connectivity index (χ1v) is 8.00. The molecule has 26 heavy (non-hydrogen) atoms. The number of halogens is 2. The van der Waals surface area contributed by atoms with E-state index in [1.54, 1.807) is 30.3 Å². The summed E-state index contributed by atoms with van der Waals surface area (Å²) in [5, 5.41) is 5.55. The van der Waals surface area contributed by atoms with Crippen LogP contribution in [0.1, 0.15) is 21.0 Å². The summed E-state index contributed by atoms with van der Waals surface area (Å²) in [6.45, 7) is 0. The van der Waals surface area contributed by atoms with E-state index < -0.39 is 17.6 Å². The molecule has 0 saturated carbocycles. The highest BCUT2D eigenvalue weighted by atomic mass is 35.5. The van der Waals surface area contributed by atoms with Crippen molar-refractivity contribution in [1.82, 2.24) is 4.98 Å². The van der Waals surface area contributed by atoms with Gasteiger partial charge in [0.15, 0.2) is 0 Å². The van der Waals surface area contributed by atoms with Crippen molar-refractivity contribution in [2.45, 2.75) is 0 Å². The smallest absolute Gasteiger partial charge is 0.274 e. The number of carbonyl (C=O) groups excluding carboxylic acids is 2. The van der Waals surface area contributed by atoms with Crippen molar-refractivity contribution >= 4 is 34.8 Å². The number of nitrogens with zero attached hydrogens (tertiary/aromatic N) is 1. The molecule has 0 bridgehead atoms. The highest BCUT2D eigenvalue weighted by Crippen LogP contribution is 2.16. The van der Waals surface area contributed by atoms with Crippen molar-refractivity contribution < 1.29 is 14.0 Å². The van der Waals surface area contributed by atoms with Gasteiger partial charge in [-0.15, -0.1) is 0 Å². The molecule has 0 aliphatic rings. The molecule has 0 fully saturated rings. The topological polar surface area (TPSA) is 71.1 Å². The van der Waals surface area contributed by atoms with Gasteiger partial charge < -0.3 is 10.6 Å². The van der Waals surface area contributed by atoms with E-state index >= 15 is 0 Å². The molecule has 3 rings (SSSR count). The van der Waals surface area contributed by atoms with E-state index in [-0.39, 0.29) is 17.1 Å². The summed E-state index contributed by atoms with van der Waals surface area (Å²) in [4.78, 5) is 28.6. The molecule has 130 valence electrons. The first-order chi connectivity index (χ1) is 12.5. The zero-order chi connectivity index (χ0) is 18.5. The fraction of sp³-hybridized carbons (Fsp3) is 0. The SMILES string of the molecule is O=C(Nc1cccc(Cl)c1)c1cccc(C(=O)Nc2ccccc2F)n1. The third kappa shape index (κ3) is 4.23. The number of para-hydroxylation sites is 1. The molecule has 2 N–H and O–H groups in total. The van der Waals surface area contributed by atoms with Crippen molar-refractivity contribution in [2.75, 3.05) is 10.6 Å². The molecule has 3 aromatic rings. The first-order valence-electron chi connectivity index (χ1n) is 7.63. The normalized spacial score (nSPS) is 10.2. The van der Waals surface area contributed by atoms with Crippen molar-refractivity contribution in [1.29, 1.82) is 0 Å². The van der Waals surface area contributed by atoms with Gasteiger partial charge in [-0.25, -0.2) is 9.37 Å². The molecule has 1 aromatic heterocycles. The Bertz CT molecular complexity index is 978. The Morgan fingerprint density at radius 3 is 2.19 bits per heavy atom. The summed E-state index contributed by atoms with van der Waals surface area (Å²) in [5.74, 6) is -1.67. The average molecular weight is 370 g/mol. The van der Waals surface area contributed by atoms with E-state index in [1.165, 1.54) is 36.4 Å². The lowest BCUT2D eigenvalue weighted by atomic mass is 10.2. The summed E-state index contributed by atoms with van der Waals surface area (Å²) < 4.78 is 13.6. The van der Waals surface area contributed by atoms with Crippen LogP contribution >= 0.6 is 11.6 Å². The molecule has 5 nitrogen and oxygen atoms in total. The summed E-state index contributed by atoms with van der Waals surface area (Å²) in [7, 11) is 0. The van der Waals surface area contributed by atoms with Crippen molar-refractivity contribution in [3.63, 3.8) is 0 Å². The van der Waals surface area contributed by atoms with Gasteiger partial charge in [0, 0.05) is 10.7 Å². The molecule has 2 amide bonds. The lowest BCUT2D eigenvalue weighted by molar-refractivity contribution is 0.101. The minimum atomic E-state index is -0.618. The Balaban J connectivity index is 1.76. The molecule has 0 saturated heterocycles. The lowest BCUT2D eigenvalue weighted by Crippen LogP contribution is -2.18. The maximum atomic E-state index is 13.6. The largest absolute Gasteiger partial charge is 0.321 e. The van der Waals surface area contributed by atoms with Crippen LogP contribution < -0.4 is 10.6 Å². The standard InChI is InChI=1S/C19H13ClFN3O2/c20-12-5-3-6-13(11-12)22-18(25)16-9-4-10-17(23-16)19(26)24-15-8-2-1-7-14(15)21/h1-11H,(H,22,25)(H,24,26). The van der Waals surface area contributed by atoms with Gasteiger partial charge in [0.25, 0.3) is 11.8 Å². The summed E-state index contributed by atoms with van der Waals surface area (Å²) in [6.07, 6.45) is 0. The van der Waals surface area contributed by atoms with Crippen LogP contribution in [0.3, 0.4) is 0 Å². The number of hydrogen-bond donors (Lipinski definition) is 2. The first kappa shape index (κ1) is 17.6. The van der Waals surface area contributed by atoms with Crippen molar-refractivity contribution in [3.05, 3.63) is 89.0 Å². The average Bonchev–Trinajstić information content (AvgIpc) is 2.63. The molecule has 0 atom stereocenters. The van der Waals surface area contributed by atoms with Gasteiger partial charge in [-0.3, -0.25) is 9.59 Å². The van der Waals surface area contributed by atoms with Gasteiger partial charge in [-0.1, -0.05) is 35.9 Å². The quantitative estimate of drug-likeness (QED) is 0.717. The number of anilines is 2. The Kier molecular flexibility index (Phi) is 5.24. The van der Waals surface area contributed by atoms with Crippen molar-refractivity contribution in [3.8, 4) is 0 Å². The van der Waals surface area contributed by atoms with E-state index in [1.807, 2.05) is 0 Å². The number of pyridine rings is 1. The van der Waals surface area contributed by atoms with Gasteiger partial charge in [-0.05, 0) is 42.5 Å². The second-order valence-corrected chi connectivity index (χ2v) is 5.74. The number of carbonyl (C=O) groups is 2. The summed E-state index contributed by atoms with van der Waals surface area (Å²) in [6, 6.07) is 16.9. The fourth-order valence-electron chi connectivity index (χ4n) is 2.20. The second kappa shape index (κ2) is 7.76. The summed E-state index contributed by atoms with van der Waals surface area (Å²) >= 11 is 5.88. The van der Waals surface area contributed by atoms with Crippen LogP contribution in [0.25, 0.3) is 0 Å². The minimum absolute atomic E-state index is 0.00741. The van der Waals surface area contributed by atoms with Gasteiger partial charge in [0.1, 0.15) is 17.2 Å². The van der Waals surface area contributed by atoms with Crippen LogP contribution in [-0.4, -0.2) is 16.8 Å². The van der Waals surface area contributed by atoms with E-state index in [9.17, 15) is 14.0 Å². The number of benzene rings is 2. The van der Waals surface area contributed by atoms with Gasteiger partial charge in [-0.2, -0.15) is 0 Å². The Morgan fingerprint density at radius 1 is 0.846 bits per heavy atom. The molecule has 0 spiro atoms. The van der Waals surface area contributed by atoms with Crippen molar-refractivity contribution in [2.24, 2.45) is 0 Å². The Labute approximate surface area is 153 Å². The van der Waals surface area contributed by atoms with Gasteiger partial charge in [0.05, 0.1) is 5.69 Å². The van der Waals surface area contributed by atoms with Crippen LogP contribution in [-0.2, 0) is 0 Å². The Hall–Kier alpha value is -3.25. The van der Waals surface area contributed by atoms with Crippen LogP contribution in [0.15, 0.2) is 66.7 Å². The van der Waals surface area contributed by atoms with E-state index in [4.69, 9.17) is 11.6 Å². The zero-order valence-electron chi connectivity index (χ0n) is 13.4. The Morgan fingerprint density at radius 2 is 1.50 bits per heavy atom. The third-order valence-electron chi connectivity index (χ3n) is 3.42. The van der Waals surface area contributed by atoms with Crippen LogP contribution in [0, 0.1) is 5.82 Å². The third-order valence-corrected chi connectivity index (χ3v) is 3.65. The molecule has 1 heterocycles. The molecule has 2 aromatic carbocycles. The predicted octanol–water partition coefficient (Wildman–Crippen LogP) is 4.38.